The molecule has 106 valence electrons. The molecule has 1 unspecified atom stereocenters. The van der Waals surface area contributed by atoms with Crippen molar-refractivity contribution in [2.75, 3.05) is 19.4 Å². The van der Waals surface area contributed by atoms with E-state index >= 15 is 0 Å². The van der Waals surface area contributed by atoms with Gasteiger partial charge in [-0.3, -0.25) is 4.79 Å². The highest BCUT2D eigenvalue weighted by molar-refractivity contribution is 7.17. The molecule has 1 heterocycles. The zero-order valence-corrected chi connectivity index (χ0v) is 13.0. The first-order chi connectivity index (χ1) is 9.52. The van der Waals surface area contributed by atoms with Gasteiger partial charge in [0.05, 0.1) is 6.04 Å². The van der Waals surface area contributed by atoms with Crippen LogP contribution in [0.15, 0.2) is 24.3 Å². The maximum atomic E-state index is 12.3. The molecule has 1 atom stereocenters. The molecule has 0 saturated carbocycles. The molecule has 0 aliphatic rings. The molecule has 1 aromatic carbocycles. The van der Waals surface area contributed by atoms with Gasteiger partial charge in [-0.1, -0.05) is 35.1 Å². The Morgan fingerprint density at radius 2 is 2.00 bits per heavy atom. The molecule has 2 rings (SSSR count). The summed E-state index contributed by atoms with van der Waals surface area (Å²) in [7, 11) is 3.50. The standard InChI is InChI=1S/C13H15ClN4OS/c1-8(9-4-6-10(14)7-5-9)18(3)12(19)11-16-17-13(15-2)20-11/h4-8H,1-3H3,(H,15,17). The van der Waals surface area contributed by atoms with Crippen molar-refractivity contribution in [2.45, 2.75) is 13.0 Å². The highest BCUT2D eigenvalue weighted by Crippen LogP contribution is 2.24. The summed E-state index contributed by atoms with van der Waals surface area (Å²) < 4.78 is 0. The molecule has 0 aliphatic heterocycles. The third kappa shape index (κ3) is 3.08. The summed E-state index contributed by atoms with van der Waals surface area (Å²) in [6, 6.07) is 7.39. The summed E-state index contributed by atoms with van der Waals surface area (Å²) in [4.78, 5) is 14.0. The lowest BCUT2D eigenvalue weighted by Gasteiger charge is -2.24. The van der Waals surface area contributed by atoms with Crippen LogP contribution in [0.1, 0.15) is 28.3 Å². The number of anilines is 1. The number of rotatable bonds is 4. The molecule has 5 nitrogen and oxygen atoms in total. The molecule has 1 N–H and O–H groups in total. The second-order valence-electron chi connectivity index (χ2n) is 4.31. The van der Waals surface area contributed by atoms with Crippen LogP contribution in [0.5, 0.6) is 0 Å². The van der Waals surface area contributed by atoms with Crippen molar-refractivity contribution in [2.24, 2.45) is 0 Å². The Morgan fingerprint density at radius 1 is 1.35 bits per heavy atom. The second kappa shape index (κ2) is 6.19. The fourth-order valence-electron chi connectivity index (χ4n) is 1.70. The van der Waals surface area contributed by atoms with Crippen molar-refractivity contribution >= 4 is 34.0 Å². The van der Waals surface area contributed by atoms with E-state index in [-0.39, 0.29) is 11.9 Å². The molecule has 2 aromatic rings. The third-order valence-electron chi connectivity index (χ3n) is 3.08. The molecule has 0 bridgehead atoms. The minimum Gasteiger partial charge on any atom is -0.363 e. The quantitative estimate of drug-likeness (QED) is 0.943. The van der Waals surface area contributed by atoms with Crippen molar-refractivity contribution in [3.63, 3.8) is 0 Å². The van der Waals surface area contributed by atoms with E-state index in [2.05, 4.69) is 15.5 Å². The number of nitrogens with zero attached hydrogens (tertiary/aromatic N) is 3. The van der Waals surface area contributed by atoms with Gasteiger partial charge < -0.3 is 10.2 Å². The van der Waals surface area contributed by atoms with Crippen LogP contribution in [0.3, 0.4) is 0 Å². The van der Waals surface area contributed by atoms with Gasteiger partial charge in [0.15, 0.2) is 0 Å². The number of halogens is 1. The van der Waals surface area contributed by atoms with Crippen molar-refractivity contribution in [3.8, 4) is 0 Å². The predicted molar refractivity (Wildman–Crippen MR) is 81.4 cm³/mol. The monoisotopic (exact) mass is 310 g/mol. The lowest BCUT2D eigenvalue weighted by molar-refractivity contribution is 0.0741. The van der Waals surface area contributed by atoms with Crippen molar-refractivity contribution in [3.05, 3.63) is 39.9 Å². The number of nitrogens with one attached hydrogen (secondary N) is 1. The summed E-state index contributed by atoms with van der Waals surface area (Å²) in [6.45, 7) is 1.96. The zero-order chi connectivity index (χ0) is 14.7. The Morgan fingerprint density at radius 3 is 2.55 bits per heavy atom. The first kappa shape index (κ1) is 14.7. The van der Waals surface area contributed by atoms with Crippen LogP contribution >= 0.6 is 22.9 Å². The summed E-state index contributed by atoms with van der Waals surface area (Å²) in [5, 5.41) is 12.3. The van der Waals surface area contributed by atoms with Gasteiger partial charge in [0.25, 0.3) is 5.91 Å². The van der Waals surface area contributed by atoms with Crippen LogP contribution in [-0.2, 0) is 0 Å². The van der Waals surface area contributed by atoms with Crippen LogP contribution in [0.4, 0.5) is 5.13 Å². The highest BCUT2D eigenvalue weighted by Gasteiger charge is 2.22. The summed E-state index contributed by atoms with van der Waals surface area (Å²) >= 11 is 7.11. The second-order valence-corrected chi connectivity index (χ2v) is 5.72. The maximum Gasteiger partial charge on any atom is 0.285 e. The maximum absolute atomic E-state index is 12.3. The number of carbonyl (C=O) groups is 1. The van der Waals surface area contributed by atoms with E-state index in [0.29, 0.717) is 15.2 Å². The predicted octanol–water partition coefficient (Wildman–Crippen LogP) is 3.07. The van der Waals surface area contributed by atoms with Crippen LogP contribution < -0.4 is 5.32 Å². The average molecular weight is 311 g/mol. The van der Waals surface area contributed by atoms with Crippen molar-refractivity contribution in [1.82, 2.24) is 15.1 Å². The number of aromatic nitrogens is 2. The number of hydrogen-bond donors (Lipinski definition) is 1. The number of carbonyl (C=O) groups excluding carboxylic acids is 1. The van der Waals surface area contributed by atoms with Gasteiger partial charge >= 0.3 is 0 Å². The molecular weight excluding hydrogens is 296 g/mol. The molecule has 20 heavy (non-hydrogen) atoms. The molecule has 0 saturated heterocycles. The average Bonchev–Trinajstić information content (AvgIpc) is 2.94. The van der Waals surface area contributed by atoms with Crippen molar-refractivity contribution < 1.29 is 4.79 Å². The van der Waals surface area contributed by atoms with Gasteiger partial charge in [0.2, 0.25) is 10.1 Å². The summed E-state index contributed by atoms with van der Waals surface area (Å²) in [5.74, 6) is -0.147. The number of hydrogen-bond acceptors (Lipinski definition) is 5. The molecule has 0 fully saturated rings. The molecule has 0 radical (unpaired) electrons. The van der Waals surface area contributed by atoms with E-state index in [9.17, 15) is 4.79 Å². The molecule has 1 amide bonds. The van der Waals surface area contributed by atoms with Gasteiger partial charge in [-0.15, -0.1) is 10.2 Å². The van der Waals surface area contributed by atoms with E-state index in [1.165, 1.54) is 11.3 Å². The number of amides is 1. The van der Waals surface area contributed by atoms with Crippen LogP contribution in [0.25, 0.3) is 0 Å². The Labute approximate surface area is 126 Å². The number of benzene rings is 1. The fourth-order valence-corrected chi connectivity index (χ4v) is 2.51. The lowest BCUT2D eigenvalue weighted by atomic mass is 10.1. The minimum absolute atomic E-state index is 0.0679. The van der Waals surface area contributed by atoms with Gasteiger partial charge in [-0.2, -0.15) is 0 Å². The normalized spacial score (nSPS) is 12.0. The lowest BCUT2D eigenvalue weighted by Crippen LogP contribution is -2.29. The molecule has 7 heteroatoms. The molecular formula is C13H15ClN4OS. The largest absolute Gasteiger partial charge is 0.363 e. The van der Waals surface area contributed by atoms with Crippen molar-refractivity contribution in [1.29, 1.82) is 0 Å². The summed E-state index contributed by atoms with van der Waals surface area (Å²) in [6.07, 6.45) is 0. The highest BCUT2D eigenvalue weighted by atomic mass is 35.5. The van der Waals surface area contributed by atoms with E-state index in [0.717, 1.165) is 5.56 Å². The minimum atomic E-state index is -0.147. The van der Waals surface area contributed by atoms with Crippen LogP contribution in [0, 0.1) is 0 Å². The Kier molecular flexibility index (Phi) is 4.57. The van der Waals surface area contributed by atoms with E-state index in [4.69, 9.17) is 11.6 Å². The Balaban J connectivity index is 2.15. The smallest absolute Gasteiger partial charge is 0.285 e. The molecule has 1 aromatic heterocycles. The SMILES string of the molecule is CNc1nnc(C(=O)N(C)C(C)c2ccc(Cl)cc2)s1. The molecule has 0 spiro atoms. The topological polar surface area (TPSA) is 58.1 Å². The summed E-state index contributed by atoms with van der Waals surface area (Å²) in [5.41, 5.74) is 1.02. The van der Waals surface area contributed by atoms with E-state index in [1.54, 1.807) is 19.0 Å². The van der Waals surface area contributed by atoms with Gasteiger partial charge in [-0.05, 0) is 24.6 Å². The fraction of sp³-hybridized carbons (Fsp3) is 0.308. The van der Waals surface area contributed by atoms with Crippen LogP contribution in [-0.4, -0.2) is 35.1 Å². The van der Waals surface area contributed by atoms with Gasteiger partial charge in [0.1, 0.15) is 0 Å². The van der Waals surface area contributed by atoms with Gasteiger partial charge in [0, 0.05) is 19.1 Å². The van der Waals surface area contributed by atoms with E-state index in [1.807, 2.05) is 31.2 Å². The Hall–Kier alpha value is -1.66. The van der Waals surface area contributed by atoms with Gasteiger partial charge in [-0.25, -0.2) is 0 Å². The third-order valence-corrected chi connectivity index (χ3v) is 4.26. The first-order valence-electron chi connectivity index (χ1n) is 6.06. The zero-order valence-electron chi connectivity index (χ0n) is 11.4. The Bertz CT molecular complexity index is 599. The van der Waals surface area contributed by atoms with Crippen LogP contribution in [0.2, 0.25) is 5.02 Å². The van der Waals surface area contributed by atoms with E-state index < -0.39 is 0 Å². The molecule has 0 aliphatic carbocycles. The first-order valence-corrected chi connectivity index (χ1v) is 7.26.